The molecular formula is C14H17N3O2. The van der Waals surface area contributed by atoms with Gasteiger partial charge in [-0.15, -0.1) is 0 Å². The van der Waals surface area contributed by atoms with E-state index in [1.807, 2.05) is 24.6 Å². The monoisotopic (exact) mass is 259 g/mol. The summed E-state index contributed by atoms with van der Waals surface area (Å²) in [5.74, 6) is 0.273. The predicted molar refractivity (Wildman–Crippen MR) is 72.3 cm³/mol. The van der Waals surface area contributed by atoms with Gasteiger partial charge in [0.15, 0.2) is 0 Å². The van der Waals surface area contributed by atoms with Gasteiger partial charge < -0.3 is 10.5 Å². The number of amides is 1. The van der Waals surface area contributed by atoms with Gasteiger partial charge in [-0.3, -0.25) is 9.48 Å². The van der Waals surface area contributed by atoms with Crippen molar-refractivity contribution in [1.82, 2.24) is 9.78 Å². The van der Waals surface area contributed by atoms with Crippen LogP contribution in [0.1, 0.15) is 27.3 Å². The molecule has 0 unspecified atom stereocenters. The van der Waals surface area contributed by atoms with Crippen LogP contribution in [0.25, 0.3) is 0 Å². The second-order valence-corrected chi connectivity index (χ2v) is 4.48. The molecule has 0 spiro atoms. The molecule has 0 aliphatic rings. The number of carbonyl (C=O) groups is 1. The first-order chi connectivity index (χ1) is 9.01. The third kappa shape index (κ3) is 2.76. The average molecular weight is 259 g/mol. The van der Waals surface area contributed by atoms with E-state index < -0.39 is 5.91 Å². The molecule has 1 aromatic carbocycles. The fourth-order valence-electron chi connectivity index (χ4n) is 2.05. The van der Waals surface area contributed by atoms with Crippen molar-refractivity contribution in [3.8, 4) is 5.75 Å². The smallest absolute Gasteiger partial charge is 0.248 e. The summed E-state index contributed by atoms with van der Waals surface area (Å²) in [5, 5.41) is 4.40. The molecule has 0 atom stereocenters. The molecule has 5 nitrogen and oxygen atoms in total. The first-order valence-corrected chi connectivity index (χ1v) is 5.99. The maximum atomic E-state index is 11.2. The van der Waals surface area contributed by atoms with Gasteiger partial charge in [0, 0.05) is 16.8 Å². The van der Waals surface area contributed by atoms with Crippen molar-refractivity contribution < 1.29 is 9.53 Å². The quantitative estimate of drug-likeness (QED) is 0.907. The zero-order valence-corrected chi connectivity index (χ0v) is 11.3. The molecule has 19 heavy (non-hydrogen) atoms. The summed E-state index contributed by atoms with van der Waals surface area (Å²) in [6.45, 7) is 4.48. The highest BCUT2D eigenvalue weighted by atomic mass is 16.5. The largest absolute Gasteiger partial charge is 0.496 e. The van der Waals surface area contributed by atoms with Crippen molar-refractivity contribution in [1.29, 1.82) is 0 Å². The molecule has 1 heterocycles. The summed E-state index contributed by atoms with van der Waals surface area (Å²) in [6.07, 6.45) is 0. The van der Waals surface area contributed by atoms with Crippen LogP contribution in [0.15, 0.2) is 24.3 Å². The summed E-state index contributed by atoms with van der Waals surface area (Å²) in [4.78, 5) is 11.2. The number of nitrogens with zero attached hydrogens (tertiary/aromatic N) is 2. The Hall–Kier alpha value is -2.30. The van der Waals surface area contributed by atoms with Crippen LogP contribution < -0.4 is 10.5 Å². The molecule has 2 aromatic rings. The van der Waals surface area contributed by atoms with Crippen LogP contribution in [0.3, 0.4) is 0 Å². The topological polar surface area (TPSA) is 70.1 Å². The Balaban J connectivity index is 2.39. The third-order valence-corrected chi connectivity index (χ3v) is 2.99. The highest BCUT2D eigenvalue weighted by Gasteiger charge is 2.10. The van der Waals surface area contributed by atoms with Crippen LogP contribution in [0.5, 0.6) is 5.75 Å². The maximum Gasteiger partial charge on any atom is 0.248 e. The molecule has 5 heteroatoms. The summed E-state index contributed by atoms with van der Waals surface area (Å²) in [5.41, 5.74) is 8.67. The number of aryl methyl sites for hydroxylation is 2. The zero-order valence-electron chi connectivity index (χ0n) is 11.3. The number of hydrogen-bond acceptors (Lipinski definition) is 3. The van der Waals surface area contributed by atoms with E-state index in [-0.39, 0.29) is 0 Å². The van der Waals surface area contributed by atoms with Crippen LogP contribution in [-0.2, 0) is 6.54 Å². The van der Waals surface area contributed by atoms with Crippen molar-refractivity contribution >= 4 is 5.91 Å². The average Bonchev–Trinajstić information content (AvgIpc) is 2.67. The number of aromatic nitrogens is 2. The van der Waals surface area contributed by atoms with E-state index >= 15 is 0 Å². The first kappa shape index (κ1) is 13.1. The minimum absolute atomic E-state index is 0.447. The Morgan fingerprint density at radius 1 is 1.37 bits per heavy atom. The van der Waals surface area contributed by atoms with Crippen molar-refractivity contribution in [2.24, 2.45) is 5.73 Å². The molecule has 1 amide bonds. The van der Waals surface area contributed by atoms with Crippen molar-refractivity contribution in [2.75, 3.05) is 7.11 Å². The van der Waals surface area contributed by atoms with E-state index in [9.17, 15) is 4.79 Å². The standard InChI is InChI=1S/C14H17N3O2/c1-9-6-10(2)17(16-9)8-12-7-11(14(15)18)4-5-13(12)19-3/h4-7H,8H2,1-3H3,(H2,15,18). The lowest BCUT2D eigenvalue weighted by molar-refractivity contribution is 0.1000. The number of ether oxygens (including phenoxy) is 1. The molecule has 0 bridgehead atoms. The van der Waals surface area contributed by atoms with E-state index in [4.69, 9.17) is 10.5 Å². The second kappa shape index (κ2) is 5.14. The zero-order chi connectivity index (χ0) is 14.0. The molecule has 0 saturated carbocycles. The van der Waals surface area contributed by atoms with Crippen LogP contribution in [0.4, 0.5) is 0 Å². The second-order valence-electron chi connectivity index (χ2n) is 4.48. The normalized spacial score (nSPS) is 10.5. The SMILES string of the molecule is COc1ccc(C(N)=O)cc1Cn1nc(C)cc1C. The Labute approximate surface area is 112 Å². The number of hydrogen-bond donors (Lipinski definition) is 1. The van der Waals surface area contributed by atoms with E-state index in [1.165, 1.54) is 0 Å². The Morgan fingerprint density at radius 2 is 2.11 bits per heavy atom. The molecule has 1 aromatic heterocycles. The summed E-state index contributed by atoms with van der Waals surface area (Å²) < 4.78 is 7.18. The number of primary amides is 1. The predicted octanol–water partition coefficient (Wildman–Crippen LogP) is 1.66. The van der Waals surface area contributed by atoms with Crippen molar-refractivity contribution in [3.05, 3.63) is 46.8 Å². The number of nitrogens with two attached hydrogens (primary N) is 1. The molecule has 2 N–H and O–H groups in total. The fourth-order valence-corrected chi connectivity index (χ4v) is 2.05. The van der Waals surface area contributed by atoms with Crippen LogP contribution in [0.2, 0.25) is 0 Å². The Bertz CT molecular complexity index is 617. The van der Waals surface area contributed by atoms with Crippen LogP contribution in [0, 0.1) is 13.8 Å². The van der Waals surface area contributed by atoms with Gasteiger partial charge >= 0.3 is 0 Å². The van der Waals surface area contributed by atoms with Gasteiger partial charge in [0.05, 0.1) is 19.3 Å². The van der Waals surface area contributed by atoms with Gasteiger partial charge in [0.1, 0.15) is 5.75 Å². The van der Waals surface area contributed by atoms with Gasteiger partial charge in [-0.25, -0.2) is 0 Å². The van der Waals surface area contributed by atoms with Crippen LogP contribution >= 0.6 is 0 Å². The summed E-state index contributed by atoms with van der Waals surface area (Å²) in [7, 11) is 1.60. The minimum Gasteiger partial charge on any atom is -0.496 e. The van der Waals surface area contributed by atoms with Gasteiger partial charge in [-0.2, -0.15) is 5.10 Å². The number of methoxy groups -OCH3 is 1. The highest BCUT2D eigenvalue weighted by molar-refractivity contribution is 5.93. The van der Waals surface area contributed by atoms with Gasteiger partial charge in [-0.05, 0) is 38.1 Å². The van der Waals surface area contributed by atoms with E-state index in [0.29, 0.717) is 12.1 Å². The Kier molecular flexibility index (Phi) is 3.55. The minimum atomic E-state index is -0.447. The van der Waals surface area contributed by atoms with E-state index in [2.05, 4.69) is 5.10 Å². The molecule has 100 valence electrons. The summed E-state index contributed by atoms with van der Waals surface area (Å²) in [6, 6.07) is 7.16. The van der Waals surface area contributed by atoms with Gasteiger partial charge in [0.2, 0.25) is 5.91 Å². The van der Waals surface area contributed by atoms with Crippen LogP contribution in [-0.4, -0.2) is 22.8 Å². The Morgan fingerprint density at radius 3 is 2.63 bits per heavy atom. The van der Waals surface area contributed by atoms with Crippen molar-refractivity contribution in [3.63, 3.8) is 0 Å². The fraction of sp³-hybridized carbons (Fsp3) is 0.286. The van der Waals surface area contributed by atoms with E-state index in [0.717, 1.165) is 22.7 Å². The molecule has 0 aliphatic carbocycles. The summed E-state index contributed by atoms with van der Waals surface area (Å²) >= 11 is 0. The molecule has 0 fully saturated rings. The van der Waals surface area contributed by atoms with E-state index in [1.54, 1.807) is 25.3 Å². The van der Waals surface area contributed by atoms with Gasteiger partial charge in [-0.1, -0.05) is 0 Å². The highest BCUT2D eigenvalue weighted by Crippen LogP contribution is 2.21. The molecular weight excluding hydrogens is 242 g/mol. The van der Waals surface area contributed by atoms with Gasteiger partial charge in [0.25, 0.3) is 0 Å². The first-order valence-electron chi connectivity index (χ1n) is 5.99. The number of carbonyl (C=O) groups excluding carboxylic acids is 1. The number of benzene rings is 1. The van der Waals surface area contributed by atoms with Crippen molar-refractivity contribution in [2.45, 2.75) is 20.4 Å². The molecule has 2 rings (SSSR count). The lowest BCUT2D eigenvalue weighted by Crippen LogP contribution is -2.12. The lowest BCUT2D eigenvalue weighted by atomic mass is 10.1. The molecule has 0 radical (unpaired) electrons. The molecule has 0 saturated heterocycles. The molecule has 0 aliphatic heterocycles. The lowest BCUT2D eigenvalue weighted by Gasteiger charge is -2.11. The number of rotatable bonds is 4. The maximum absolute atomic E-state index is 11.2. The third-order valence-electron chi connectivity index (χ3n) is 2.99.